The number of hydrogen-bond acceptors (Lipinski definition) is 4. The smallest absolute Gasteiger partial charge is 0.222 e. The van der Waals surface area contributed by atoms with E-state index in [9.17, 15) is 9.90 Å². The van der Waals surface area contributed by atoms with E-state index >= 15 is 0 Å². The fraction of sp³-hybridized carbons (Fsp3) is 0.333. The lowest BCUT2D eigenvalue weighted by molar-refractivity contribution is -0.132. The quantitative estimate of drug-likeness (QED) is 0.717. The van der Waals surface area contributed by atoms with Crippen LogP contribution in [0.15, 0.2) is 46.9 Å². The minimum Gasteiger partial charge on any atom is -0.508 e. The molecular weight excluding hydrogens is 364 g/mol. The molecule has 2 heterocycles. The monoisotopic (exact) mass is 384 g/mol. The number of aromatic nitrogens is 1. The molecule has 1 amide bonds. The molecule has 0 radical (unpaired) electrons. The molecule has 0 atom stereocenters. The number of likely N-dealkylation sites (tertiary alicyclic amines) is 1. The van der Waals surface area contributed by atoms with Crippen LogP contribution in [0.4, 0.5) is 0 Å². The van der Waals surface area contributed by atoms with Gasteiger partial charge < -0.3 is 14.4 Å². The van der Waals surface area contributed by atoms with E-state index in [-0.39, 0.29) is 17.6 Å². The Balaban J connectivity index is 1.34. The zero-order valence-corrected chi connectivity index (χ0v) is 15.7. The predicted molar refractivity (Wildman–Crippen MR) is 104 cm³/mol. The molecule has 2 aromatic carbocycles. The molecule has 1 aliphatic heterocycles. The number of para-hydroxylation sites is 1. The molecule has 3 aromatic rings. The predicted octanol–water partition coefficient (Wildman–Crippen LogP) is 4.53. The van der Waals surface area contributed by atoms with Crippen LogP contribution in [0.3, 0.4) is 0 Å². The Hall–Kier alpha value is -2.53. The van der Waals surface area contributed by atoms with Crippen LogP contribution in [0.1, 0.15) is 36.6 Å². The average Bonchev–Trinajstić information content (AvgIpc) is 3.10. The van der Waals surface area contributed by atoms with Gasteiger partial charge in [0.2, 0.25) is 5.91 Å². The van der Waals surface area contributed by atoms with Crippen LogP contribution >= 0.6 is 11.6 Å². The molecule has 4 rings (SSSR count). The van der Waals surface area contributed by atoms with E-state index < -0.39 is 0 Å². The van der Waals surface area contributed by atoms with Gasteiger partial charge in [-0.25, -0.2) is 4.98 Å². The van der Waals surface area contributed by atoms with Gasteiger partial charge in [0, 0.05) is 30.5 Å². The van der Waals surface area contributed by atoms with Crippen molar-refractivity contribution in [1.29, 1.82) is 0 Å². The number of hydrogen-bond donors (Lipinski definition) is 1. The Morgan fingerprint density at radius 1 is 1.22 bits per heavy atom. The first-order valence-electron chi connectivity index (χ1n) is 9.21. The lowest BCUT2D eigenvalue weighted by Gasteiger charge is -2.30. The Kier molecular flexibility index (Phi) is 5.03. The van der Waals surface area contributed by atoms with Crippen molar-refractivity contribution in [3.8, 4) is 5.75 Å². The van der Waals surface area contributed by atoms with Gasteiger partial charge in [0.1, 0.15) is 11.3 Å². The maximum Gasteiger partial charge on any atom is 0.222 e. The van der Waals surface area contributed by atoms with Gasteiger partial charge in [-0.05, 0) is 49.1 Å². The summed E-state index contributed by atoms with van der Waals surface area (Å²) in [4.78, 5) is 19.0. The van der Waals surface area contributed by atoms with Gasteiger partial charge in [-0.1, -0.05) is 29.8 Å². The maximum atomic E-state index is 12.5. The van der Waals surface area contributed by atoms with E-state index in [1.165, 1.54) is 0 Å². The van der Waals surface area contributed by atoms with Crippen molar-refractivity contribution in [3.63, 3.8) is 0 Å². The van der Waals surface area contributed by atoms with Crippen molar-refractivity contribution in [1.82, 2.24) is 9.88 Å². The fourth-order valence-corrected chi connectivity index (χ4v) is 3.76. The number of benzene rings is 2. The lowest BCUT2D eigenvalue weighted by Crippen LogP contribution is -2.38. The lowest BCUT2D eigenvalue weighted by atomic mass is 9.96. The number of phenolic OH excluding ortho intramolecular Hbond substituents is 1. The number of amides is 1. The van der Waals surface area contributed by atoms with Crippen molar-refractivity contribution in [3.05, 3.63) is 58.9 Å². The molecular formula is C21H21ClN2O3. The van der Waals surface area contributed by atoms with Gasteiger partial charge in [-0.15, -0.1) is 0 Å². The number of nitrogens with zero attached hydrogens (tertiary/aromatic N) is 2. The number of aromatic hydroxyl groups is 1. The zero-order valence-electron chi connectivity index (χ0n) is 14.9. The first kappa shape index (κ1) is 17.9. The van der Waals surface area contributed by atoms with Crippen molar-refractivity contribution < 1.29 is 14.3 Å². The Labute approximate surface area is 162 Å². The fourth-order valence-electron chi connectivity index (χ4n) is 3.59. The van der Waals surface area contributed by atoms with Crippen molar-refractivity contribution in [2.75, 3.05) is 13.1 Å². The van der Waals surface area contributed by atoms with Crippen LogP contribution in [-0.4, -0.2) is 34.0 Å². The number of halogens is 1. The van der Waals surface area contributed by atoms with Gasteiger partial charge in [0.15, 0.2) is 11.5 Å². The summed E-state index contributed by atoms with van der Waals surface area (Å²) in [6, 6.07) is 12.6. The van der Waals surface area contributed by atoms with Crippen LogP contribution in [0.25, 0.3) is 11.1 Å². The highest BCUT2D eigenvalue weighted by Gasteiger charge is 2.27. The highest BCUT2D eigenvalue weighted by atomic mass is 35.5. The van der Waals surface area contributed by atoms with E-state index in [2.05, 4.69) is 4.98 Å². The largest absolute Gasteiger partial charge is 0.508 e. The molecule has 0 unspecified atom stereocenters. The minimum atomic E-state index is 0.126. The molecule has 140 valence electrons. The van der Waals surface area contributed by atoms with Crippen LogP contribution in [0.5, 0.6) is 5.75 Å². The Bertz CT molecular complexity index is 961. The Morgan fingerprint density at radius 2 is 2.00 bits per heavy atom. The summed E-state index contributed by atoms with van der Waals surface area (Å²) < 4.78 is 5.88. The summed E-state index contributed by atoms with van der Waals surface area (Å²) in [5.41, 5.74) is 2.33. The number of aryl methyl sites for hydroxylation is 1. The first-order chi connectivity index (χ1) is 13.1. The number of carbonyl (C=O) groups excluding carboxylic acids is 1. The molecule has 0 aliphatic carbocycles. The number of phenols is 1. The minimum absolute atomic E-state index is 0.126. The van der Waals surface area contributed by atoms with Gasteiger partial charge in [-0.2, -0.15) is 0 Å². The summed E-state index contributed by atoms with van der Waals surface area (Å²) in [5, 5.41) is 10.5. The third-order valence-corrected chi connectivity index (χ3v) is 5.40. The van der Waals surface area contributed by atoms with Crippen molar-refractivity contribution >= 4 is 28.6 Å². The molecule has 0 saturated carbocycles. The van der Waals surface area contributed by atoms with E-state index in [0.29, 0.717) is 31.0 Å². The molecule has 1 saturated heterocycles. The summed E-state index contributed by atoms with van der Waals surface area (Å²) in [6.07, 6.45) is 2.63. The van der Waals surface area contributed by atoms with Crippen LogP contribution < -0.4 is 0 Å². The third-order valence-electron chi connectivity index (χ3n) is 5.16. The molecule has 0 bridgehead atoms. The third kappa shape index (κ3) is 3.93. The molecule has 5 nitrogen and oxygen atoms in total. The SMILES string of the molecule is O=C(CCc1ccccc1O)N1CCC(c2nc3cc(Cl)ccc3o2)CC1. The molecule has 27 heavy (non-hydrogen) atoms. The molecule has 1 N–H and O–H groups in total. The summed E-state index contributed by atoms with van der Waals surface area (Å²) in [6.45, 7) is 1.40. The second kappa shape index (κ2) is 7.61. The van der Waals surface area contributed by atoms with Crippen LogP contribution in [-0.2, 0) is 11.2 Å². The first-order valence-corrected chi connectivity index (χ1v) is 9.58. The summed E-state index contributed by atoms with van der Waals surface area (Å²) in [5.74, 6) is 1.33. The zero-order chi connectivity index (χ0) is 18.8. The van der Waals surface area contributed by atoms with Gasteiger partial charge in [0.25, 0.3) is 0 Å². The maximum absolute atomic E-state index is 12.5. The van der Waals surface area contributed by atoms with E-state index in [4.69, 9.17) is 16.0 Å². The Morgan fingerprint density at radius 3 is 2.78 bits per heavy atom. The van der Waals surface area contributed by atoms with E-state index in [1.54, 1.807) is 18.2 Å². The van der Waals surface area contributed by atoms with Crippen LogP contribution in [0.2, 0.25) is 5.02 Å². The highest BCUT2D eigenvalue weighted by molar-refractivity contribution is 6.31. The van der Waals surface area contributed by atoms with E-state index in [1.807, 2.05) is 29.2 Å². The average molecular weight is 385 g/mol. The number of carbonyl (C=O) groups is 1. The molecule has 6 heteroatoms. The van der Waals surface area contributed by atoms with Gasteiger partial charge in [-0.3, -0.25) is 4.79 Å². The highest BCUT2D eigenvalue weighted by Crippen LogP contribution is 2.31. The summed E-state index contributed by atoms with van der Waals surface area (Å²) in [7, 11) is 0. The molecule has 0 spiro atoms. The number of piperidine rings is 1. The number of rotatable bonds is 4. The standard InChI is InChI=1S/C21H21ClN2O3/c22-16-6-7-19-17(13-16)23-21(27-19)15-9-11-24(12-10-15)20(26)8-5-14-3-1-2-4-18(14)25/h1-4,6-7,13,15,25H,5,8-12H2. The molecule has 1 fully saturated rings. The van der Waals surface area contributed by atoms with Crippen molar-refractivity contribution in [2.24, 2.45) is 0 Å². The van der Waals surface area contributed by atoms with Crippen molar-refractivity contribution in [2.45, 2.75) is 31.6 Å². The second-order valence-corrected chi connectivity index (χ2v) is 7.38. The topological polar surface area (TPSA) is 66.6 Å². The van der Waals surface area contributed by atoms with Gasteiger partial charge >= 0.3 is 0 Å². The van der Waals surface area contributed by atoms with Crippen LogP contribution in [0, 0.1) is 0 Å². The normalized spacial score (nSPS) is 15.4. The summed E-state index contributed by atoms with van der Waals surface area (Å²) >= 11 is 6.01. The molecule has 1 aliphatic rings. The number of oxazole rings is 1. The van der Waals surface area contributed by atoms with E-state index in [0.717, 1.165) is 35.4 Å². The molecule has 1 aromatic heterocycles. The number of fused-ring (bicyclic) bond motifs is 1. The second-order valence-electron chi connectivity index (χ2n) is 6.95. The van der Waals surface area contributed by atoms with Gasteiger partial charge in [0.05, 0.1) is 0 Å².